The summed E-state index contributed by atoms with van der Waals surface area (Å²) in [6, 6.07) is -0.820. The van der Waals surface area contributed by atoms with Gasteiger partial charge in [-0.3, -0.25) is 4.79 Å². The molecule has 6 N–H and O–H groups in total. The van der Waals surface area contributed by atoms with Crippen LogP contribution in [0.5, 0.6) is 0 Å². The average Bonchev–Trinajstić information content (AvgIpc) is 3.37. The molecule has 0 spiro atoms. The molecular formula is C62H115NO8. The van der Waals surface area contributed by atoms with E-state index in [0.29, 0.717) is 6.42 Å². The molecule has 0 bridgehead atoms. The molecule has 7 atom stereocenters. The summed E-state index contributed by atoms with van der Waals surface area (Å²) in [6.45, 7) is 3.75. The molecule has 1 heterocycles. The van der Waals surface area contributed by atoms with Gasteiger partial charge in [-0.2, -0.15) is 0 Å². The van der Waals surface area contributed by atoms with Gasteiger partial charge >= 0.3 is 0 Å². The van der Waals surface area contributed by atoms with Crippen LogP contribution in [-0.2, 0) is 14.3 Å². The van der Waals surface area contributed by atoms with Crippen molar-refractivity contribution in [2.75, 3.05) is 13.2 Å². The fourth-order valence-electron chi connectivity index (χ4n) is 9.56. The maximum absolute atomic E-state index is 13.0. The van der Waals surface area contributed by atoms with E-state index in [1.54, 1.807) is 6.08 Å². The molecule has 416 valence electrons. The Morgan fingerprint density at radius 2 is 0.845 bits per heavy atom. The molecule has 71 heavy (non-hydrogen) atoms. The van der Waals surface area contributed by atoms with Crippen molar-refractivity contribution >= 4 is 5.91 Å². The molecule has 0 saturated carbocycles. The number of unbranched alkanes of at least 4 members (excludes halogenated alkanes) is 36. The molecule has 0 aromatic rings. The predicted octanol–water partition coefficient (Wildman–Crippen LogP) is 15.3. The number of rotatable bonds is 52. The maximum Gasteiger partial charge on any atom is 0.220 e. The summed E-state index contributed by atoms with van der Waals surface area (Å²) in [5.74, 6) is -0.184. The Morgan fingerprint density at radius 3 is 1.27 bits per heavy atom. The van der Waals surface area contributed by atoms with Crippen molar-refractivity contribution in [3.63, 3.8) is 0 Å². The minimum atomic E-state index is -1.57. The van der Waals surface area contributed by atoms with Gasteiger partial charge in [0.15, 0.2) is 6.29 Å². The van der Waals surface area contributed by atoms with Gasteiger partial charge in [0.25, 0.3) is 0 Å². The third-order valence-corrected chi connectivity index (χ3v) is 14.4. The topological polar surface area (TPSA) is 149 Å². The van der Waals surface area contributed by atoms with Crippen LogP contribution in [0.3, 0.4) is 0 Å². The van der Waals surface area contributed by atoms with E-state index < -0.39 is 49.5 Å². The van der Waals surface area contributed by atoms with Crippen molar-refractivity contribution < 1.29 is 39.8 Å². The van der Waals surface area contributed by atoms with Crippen LogP contribution < -0.4 is 5.32 Å². The molecule has 1 aliphatic heterocycles. The number of carbonyl (C=O) groups excluding carboxylic acids is 1. The Kier molecular flexibility index (Phi) is 48.8. The Balaban J connectivity index is 2.08. The van der Waals surface area contributed by atoms with Crippen LogP contribution in [0.2, 0.25) is 0 Å². The third-order valence-electron chi connectivity index (χ3n) is 14.4. The van der Waals surface area contributed by atoms with Crippen LogP contribution in [0.4, 0.5) is 0 Å². The smallest absolute Gasteiger partial charge is 0.220 e. The normalized spacial score (nSPS) is 19.6. The third kappa shape index (κ3) is 41.1. The SMILES string of the molecule is CCCCCCC/C=C\C/C=C\CCCCCCCCCCCCCCCCCCCCCCCCCC(=O)NC(COC1OC(CO)C(O)C(O)C1O)C(O)/C=C/CC/C=C/CCCCCCCCC. The van der Waals surface area contributed by atoms with Crippen molar-refractivity contribution in [3.05, 3.63) is 48.6 Å². The monoisotopic (exact) mass is 1000 g/mol. The van der Waals surface area contributed by atoms with Gasteiger partial charge in [-0.25, -0.2) is 0 Å². The number of hydrogen-bond donors (Lipinski definition) is 6. The Labute approximate surface area is 437 Å². The fraction of sp³-hybridized carbons (Fsp3) is 0.855. The molecule has 9 heteroatoms. The van der Waals surface area contributed by atoms with E-state index >= 15 is 0 Å². The van der Waals surface area contributed by atoms with E-state index in [0.717, 1.165) is 44.9 Å². The molecule has 7 unspecified atom stereocenters. The van der Waals surface area contributed by atoms with Gasteiger partial charge < -0.3 is 40.3 Å². The Bertz CT molecular complexity index is 1250. The molecular weight excluding hydrogens is 887 g/mol. The lowest BCUT2D eigenvalue weighted by Crippen LogP contribution is -2.60. The number of aliphatic hydroxyl groups is 5. The van der Waals surface area contributed by atoms with Crippen molar-refractivity contribution in [3.8, 4) is 0 Å². The van der Waals surface area contributed by atoms with Gasteiger partial charge in [-0.05, 0) is 64.2 Å². The van der Waals surface area contributed by atoms with E-state index in [-0.39, 0.29) is 12.5 Å². The van der Waals surface area contributed by atoms with E-state index in [4.69, 9.17) is 9.47 Å². The number of carbonyl (C=O) groups is 1. The summed E-state index contributed by atoms with van der Waals surface area (Å²) in [6.07, 6.45) is 62.1. The quantitative estimate of drug-likeness (QED) is 0.0261. The van der Waals surface area contributed by atoms with Crippen LogP contribution >= 0.6 is 0 Å². The van der Waals surface area contributed by atoms with Gasteiger partial charge in [0.1, 0.15) is 24.4 Å². The summed E-state index contributed by atoms with van der Waals surface area (Å²) in [5.41, 5.74) is 0. The van der Waals surface area contributed by atoms with E-state index in [2.05, 4.69) is 55.6 Å². The minimum Gasteiger partial charge on any atom is -0.394 e. The number of ether oxygens (including phenoxy) is 2. The van der Waals surface area contributed by atoms with E-state index in [1.807, 2.05) is 6.08 Å². The summed E-state index contributed by atoms with van der Waals surface area (Å²) < 4.78 is 11.2. The first-order valence-electron chi connectivity index (χ1n) is 30.4. The molecule has 0 aromatic carbocycles. The van der Waals surface area contributed by atoms with Crippen LogP contribution in [0.15, 0.2) is 48.6 Å². The van der Waals surface area contributed by atoms with Crippen LogP contribution in [0, 0.1) is 0 Å². The lowest BCUT2D eigenvalue weighted by Gasteiger charge is -2.40. The summed E-state index contributed by atoms with van der Waals surface area (Å²) >= 11 is 0. The largest absolute Gasteiger partial charge is 0.394 e. The second kappa shape index (κ2) is 51.6. The first-order valence-corrected chi connectivity index (χ1v) is 30.4. The van der Waals surface area contributed by atoms with Crippen molar-refractivity contribution in [2.45, 2.75) is 326 Å². The first kappa shape index (κ1) is 67.2. The van der Waals surface area contributed by atoms with Crippen molar-refractivity contribution in [1.82, 2.24) is 5.32 Å². The summed E-state index contributed by atoms with van der Waals surface area (Å²) in [5, 5.41) is 54.4. The van der Waals surface area contributed by atoms with Crippen molar-refractivity contribution in [2.24, 2.45) is 0 Å². The second-order valence-corrected chi connectivity index (χ2v) is 21.1. The van der Waals surface area contributed by atoms with Crippen LogP contribution in [0.1, 0.15) is 284 Å². The Morgan fingerprint density at radius 1 is 0.479 bits per heavy atom. The van der Waals surface area contributed by atoms with Gasteiger partial charge in [-0.15, -0.1) is 0 Å². The zero-order valence-electron chi connectivity index (χ0n) is 46.2. The van der Waals surface area contributed by atoms with Gasteiger partial charge in [0, 0.05) is 6.42 Å². The Hall–Kier alpha value is -1.85. The molecule has 1 saturated heterocycles. The number of nitrogens with one attached hydrogen (secondary N) is 1. The molecule has 0 aromatic heterocycles. The second-order valence-electron chi connectivity index (χ2n) is 21.1. The predicted molar refractivity (Wildman–Crippen MR) is 299 cm³/mol. The zero-order valence-corrected chi connectivity index (χ0v) is 46.2. The van der Waals surface area contributed by atoms with E-state index in [1.165, 1.54) is 218 Å². The molecule has 0 aliphatic carbocycles. The number of allylic oxidation sites excluding steroid dienone is 7. The van der Waals surface area contributed by atoms with Crippen LogP contribution in [-0.4, -0.2) is 87.5 Å². The van der Waals surface area contributed by atoms with Crippen LogP contribution in [0.25, 0.3) is 0 Å². The molecule has 0 radical (unpaired) electrons. The zero-order chi connectivity index (χ0) is 51.5. The molecule has 1 fully saturated rings. The number of aliphatic hydroxyl groups excluding tert-OH is 5. The van der Waals surface area contributed by atoms with Gasteiger partial charge in [0.2, 0.25) is 5.91 Å². The molecule has 1 aliphatic rings. The van der Waals surface area contributed by atoms with E-state index in [9.17, 15) is 30.3 Å². The standard InChI is InChI=1S/C62H115NO8/c1-3-5-7-9-11-13-15-17-18-19-20-21-22-23-24-25-26-27-28-29-30-31-32-33-34-35-36-37-38-40-42-44-46-48-50-52-58(66)63-55(54-70-62-61(69)60(68)59(67)57(53-64)71-62)56(65)51-49-47-45-43-41-39-16-14-12-10-8-6-4-2/h15,17,19-20,41,43,49,51,55-57,59-62,64-65,67-69H,3-14,16,18,21-40,42,44-48,50,52-54H2,1-2H3,(H,63,66)/b17-15-,20-19-,43-41+,51-49+. The maximum atomic E-state index is 13.0. The fourth-order valence-corrected chi connectivity index (χ4v) is 9.56. The van der Waals surface area contributed by atoms with Gasteiger partial charge in [-0.1, -0.05) is 262 Å². The minimum absolute atomic E-state index is 0.184. The average molecular weight is 1000 g/mol. The summed E-state index contributed by atoms with van der Waals surface area (Å²) in [7, 11) is 0. The highest BCUT2D eigenvalue weighted by molar-refractivity contribution is 5.76. The molecule has 1 amide bonds. The van der Waals surface area contributed by atoms with Crippen molar-refractivity contribution in [1.29, 1.82) is 0 Å². The highest BCUT2D eigenvalue weighted by Crippen LogP contribution is 2.23. The molecule has 1 rings (SSSR count). The number of hydrogen-bond acceptors (Lipinski definition) is 8. The lowest BCUT2D eigenvalue weighted by molar-refractivity contribution is -0.302. The molecule has 9 nitrogen and oxygen atoms in total. The first-order chi connectivity index (χ1) is 34.8. The lowest BCUT2D eigenvalue weighted by atomic mass is 9.99. The highest BCUT2D eigenvalue weighted by Gasteiger charge is 2.44. The highest BCUT2D eigenvalue weighted by atomic mass is 16.7. The summed E-state index contributed by atoms with van der Waals surface area (Å²) in [4.78, 5) is 13.0. The van der Waals surface area contributed by atoms with Gasteiger partial charge in [0.05, 0.1) is 25.4 Å². The number of amides is 1.